The molecule has 0 fully saturated rings. The van der Waals surface area contributed by atoms with Crippen LogP contribution in [0.25, 0.3) is 0 Å². The molecule has 8 heteroatoms. The average molecular weight is 387 g/mol. The van der Waals surface area contributed by atoms with E-state index in [0.29, 0.717) is 11.6 Å². The minimum atomic E-state index is -1.68. The first-order valence-corrected chi connectivity index (χ1v) is 7.15. The highest BCUT2D eigenvalue weighted by Crippen LogP contribution is 2.19. The summed E-state index contributed by atoms with van der Waals surface area (Å²) >= 11 is 3.22. The third-order valence-corrected chi connectivity index (χ3v) is 3.35. The van der Waals surface area contributed by atoms with Gasteiger partial charge in [0.25, 0.3) is 5.91 Å². The van der Waals surface area contributed by atoms with Crippen LogP contribution in [-0.2, 0) is 4.79 Å². The van der Waals surface area contributed by atoms with Crippen molar-refractivity contribution in [1.82, 2.24) is 5.32 Å². The molecular formula is C15H10BrF3N2O2. The minimum Gasteiger partial charge on any atom is -0.343 e. The van der Waals surface area contributed by atoms with Gasteiger partial charge in [-0.2, -0.15) is 0 Å². The van der Waals surface area contributed by atoms with Crippen LogP contribution >= 0.6 is 15.9 Å². The first-order valence-electron chi connectivity index (χ1n) is 6.35. The van der Waals surface area contributed by atoms with Crippen molar-refractivity contribution in [2.24, 2.45) is 0 Å². The van der Waals surface area contributed by atoms with E-state index in [1.807, 2.05) is 0 Å². The third kappa shape index (κ3) is 4.32. The molecule has 2 rings (SSSR count). The number of anilines is 1. The van der Waals surface area contributed by atoms with Gasteiger partial charge < -0.3 is 10.6 Å². The predicted octanol–water partition coefficient (Wildman–Crippen LogP) is 3.23. The second-order valence-electron chi connectivity index (χ2n) is 4.46. The molecule has 2 amide bonds. The van der Waals surface area contributed by atoms with Crippen molar-refractivity contribution in [2.45, 2.75) is 0 Å². The van der Waals surface area contributed by atoms with Crippen LogP contribution in [-0.4, -0.2) is 18.4 Å². The van der Waals surface area contributed by atoms with E-state index in [1.165, 1.54) is 0 Å². The Morgan fingerprint density at radius 3 is 2.26 bits per heavy atom. The fraction of sp³-hybridized carbons (Fsp3) is 0.0667. The van der Waals surface area contributed by atoms with E-state index in [1.54, 1.807) is 24.3 Å². The van der Waals surface area contributed by atoms with Crippen molar-refractivity contribution >= 4 is 33.4 Å². The van der Waals surface area contributed by atoms with Crippen LogP contribution in [0.4, 0.5) is 18.9 Å². The lowest BCUT2D eigenvalue weighted by molar-refractivity contribution is -0.115. The Hall–Kier alpha value is -2.35. The molecule has 2 aromatic carbocycles. The monoisotopic (exact) mass is 386 g/mol. The molecule has 2 aromatic rings. The molecule has 0 unspecified atom stereocenters. The number of carbonyl (C=O) groups excluding carboxylic acids is 2. The highest BCUT2D eigenvalue weighted by atomic mass is 79.9. The van der Waals surface area contributed by atoms with Crippen LogP contribution in [0.3, 0.4) is 0 Å². The summed E-state index contributed by atoms with van der Waals surface area (Å²) in [6.45, 7) is -0.451. The molecule has 0 aliphatic carbocycles. The summed E-state index contributed by atoms with van der Waals surface area (Å²) in [7, 11) is 0. The van der Waals surface area contributed by atoms with Crippen molar-refractivity contribution in [2.75, 3.05) is 11.9 Å². The molecule has 120 valence electrons. The summed E-state index contributed by atoms with van der Waals surface area (Å²) in [6, 6.07) is 7.99. The SMILES string of the molecule is O=C(CNC(=O)c1ccc(Br)cc1)Nc1ccc(F)c(F)c1F. The van der Waals surface area contributed by atoms with Gasteiger partial charge in [0, 0.05) is 10.0 Å². The van der Waals surface area contributed by atoms with Gasteiger partial charge in [0.15, 0.2) is 17.5 Å². The Morgan fingerprint density at radius 1 is 0.957 bits per heavy atom. The number of rotatable bonds is 4. The van der Waals surface area contributed by atoms with Crippen molar-refractivity contribution < 1.29 is 22.8 Å². The van der Waals surface area contributed by atoms with E-state index in [0.717, 1.165) is 10.5 Å². The lowest BCUT2D eigenvalue weighted by Gasteiger charge is -2.08. The third-order valence-electron chi connectivity index (χ3n) is 2.83. The number of carbonyl (C=O) groups is 2. The topological polar surface area (TPSA) is 58.2 Å². The van der Waals surface area contributed by atoms with E-state index in [9.17, 15) is 22.8 Å². The number of hydrogen-bond acceptors (Lipinski definition) is 2. The molecule has 23 heavy (non-hydrogen) atoms. The number of benzene rings is 2. The number of amides is 2. The Labute approximate surface area is 137 Å². The fourth-order valence-corrected chi connectivity index (χ4v) is 1.95. The number of nitrogens with one attached hydrogen (secondary N) is 2. The Balaban J connectivity index is 1.94. The van der Waals surface area contributed by atoms with E-state index in [2.05, 4.69) is 26.6 Å². The van der Waals surface area contributed by atoms with Gasteiger partial charge in [0.1, 0.15) is 0 Å². The molecule has 0 aliphatic heterocycles. The average Bonchev–Trinajstić information content (AvgIpc) is 2.54. The van der Waals surface area contributed by atoms with Gasteiger partial charge in [-0.25, -0.2) is 13.2 Å². The van der Waals surface area contributed by atoms with Crippen LogP contribution in [0.15, 0.2) is 40.9 Å². The molecule has 0 saturated heterocycles. The van der Waals surface area contributed by atoms with E-state index in [4.69, 9.17) is 0 Å². The Bertz CT molecular complexity index is 751. The van der Waals surface area contributed by atoms with Crippen molar-refractivity contribution in [3.63, 3.8) is 0 Å². The highest BCUT2D eigenvalue weighted by Gasteiger charge is 2.15. The molecule has 0 saturated carbocycles. The van der Waals surface area contributed by atoms with Gasteiger partial charge in [0.05, 0.1) is 12.2 Å². The summed E-state index contributed by atoms with van der Waals surface area (Å²) in [4.78, 5) is 23.4. The lowest BCUT2D eigenvalue weighted by Crippen LogP contribution is -2.33. The van der Waals surface area contributed by atoms with Crippen molar-refractivity contribution in [3.05, 3.63) is 63.9 Å². The largest absolute Gasteiger partial charge is 0.343 e. The molecular weight excluding hydrogens is 377 g/mol. The maximum atomic E-state index is 13.4. The number of halogens is 4. The zero-order valence-electron chi connectivity index (χ0n) is 11.5. The Morgan fingerprint density at radius 2 is 1.61 bits per heavy atom. The molecule has 4 nitrogen and oxygen atoms in total. The minimum absolute atomic E-state index is 0.333. The summed E-state index contributed by atoms with van der Waals surface area (Å²) in [5.74, 6) is -5.82. The quantitative estimate of drug-likeness (QED) is 0.792. The van der Waals surface area contributed by atoms with Crippen LogP contribution < -0.4 is 10.6 Å². The van der Waals surface area contributed by atoms with Crippen LogP contribution in [0.2, 0.25) is 0 Å². The maximum absolute atomic E-state index is 13.4. The summed E-state index contributed by atoms with van der Waals surface area (Å²) in [6.07, 6.45) is 0. The normalized spacial score (nSPS) is 10.3. The summed E-state index contributed by atoms with van der Waals surface area (Å²) in [5.41, 5.74) is -0.174. The van der Waals surface area contributed by atoms with E-state index >= 15 is 0 Å². The van der Waals surface area contributed by atoms with E-state index < -0.39 is 41.5 Å². The molecule has 0 aromatic heterocycles. The zero-order chi connectivity index (χ0) is 17.0. The maximum Gasteiger partial charge on any atom is 0.251 e. The molecule has 0 atom stereocenters. The summed E-state index contributed by atoms with van der Waals surface area (Å²) < 4.78 is 40.0. The zero-order valence-corrected chi connectivity index (χ0v) is 13.1. The smallest absolute Gasteiger partial charge is 0.251 e. The first-order chi connectivity index (χ1) is 10.9. The van der Waals surface area contributed by atoms with Crippen LogP contribution in [0.1, 0.15) is 10.4 Å². The van der Waals surface area contributed by atoms with Crippen molar-refractivity contribution in [3.8, 4) is 0 Å². The second kappa shape index (κ2) is 7.28. The van der Waals surface area contributed by atoms with Gasteiger partial charge in [-0.1, -0.05) is 15.9 Å². The molecule has 0 heterocycles. The molecule has 0 aliphatic rings. The van der Waals surface area contributed by atoms with E-state index in [-0.39, 0.29) is 0 Å². The standard InChI is InChI=1S/C15H10BrF3N2O2/c16-9-3-1-8(2-4-9)15(23)20-7-12(22)21-11-6-5-10(17)13(18)14(11)19/h1-6H,7H2,(H,20,23)(H,21,22). The number of hydrogen-bond donors (Lipinski definition) is 2. The first kappa shape index (κ1) is 17.0. The fourth-order valence-electron chi connectivity index (χ4n) is 1.68. The van der Waals surface area contributed by atoms with Gasteiger partial charge in [-0.3, -0.25) is 9.59 Å². The lowest BCUT2D eigenvalue weighted by atomic mass is 10.2. The second-order valence-corrected chi connectivity index (χ2v) is 5.38. The molecule has 2 N–H and O–H groups in total. The van der Waals surface area contributed by atoms with Gasteiger partial charge >= 0.3 is 0 Å². The van der Waals surface area contributed by atoms with Gasteiger partial charge in [-0.05, 0) is 36.4 Å². The molecule has 0 spiro atoms. The van der Waals surface area contributed by atoms with Crippen molar-refractivity contribution in [1.29, 1.82) is 0 Å². The highest BCUT2D eigenvalue weighted by molar-refractivity contribution is 9.10. The molecule has 0 bridgehead atoms. The van der Waals surface area contributed by atoms with Gasteiger partial charge in [0.2, 0.25) is 5.91 Å². The van der Waals surface area contributed by atoms with Crippen LogP contribution in [0.5, 0.6) is 0 Å². The predicted molar refractivity (Wildman–Crippen MR) is 81.4 cm³/mol. The van der Waals surface area contributed by atoms with Gasteiger partial charge in [-0.15, -0.1) is 0 Å². The summed E-state index contributed by atoms with van der Waals surface area (Å²) in [5, 5.41) is 4.38. The molecule has 0 radical (unpaired) electrons. The van der Waals surface area contributed by atoms with Crippen LogP contribution in [0, 0.1) is 17.5 Å². The Kier molecular flexibility index (Phi) is 5.38.